The van der Waals surface area contributed by atoms with Crippen LogP contribution in [0.2, 0.25) is 0 Å². The molecular formula is C5H10O2. The van der Waals surface area contributed by atoms with Gasteiger partial charge in [0.2, 0.25) is 0 Å². The minimum atomic E-state index is -0.123. The second kappa shape index (κ2) is 3.65. The van der Waals surface area contributed by atoms with Crippen molar-refractivity contribution in [3.63, 3.8) is 0 Å². The van der Waals surface area contributed by atoms with Crippen molar-refractivity contribution in [3.8, 4) is 0 Å². The Balaban J connectivity index is 3.00. The molecule has 0 aromatic carbocycles. The van der Waals surface area contributed by atoms with Crippen LogP contribution in [0, 0.1) is 0 Å². The molecule has 42 valence electrons. The molecule has 0 aromatic rings. The van der Waals surface area contributed by atoms with E-state index < -0.39 is 0 Å². The Bertz CT molecular complexity index is 59.1. The van der Waals surface area contributed by atoms with Gasteiger partial charge < -0.3 is 4.74 Å². The molecule has 0 aliphatic heterocycles. The van der Waals surface area contributed by atoms with Crippen LogP contribution in [0.1, 0.15) is 19.8 Å². The van der Waals surface area contributed by atoms with E-state index in [9.17, 15) is 4.79 Å². The fourth-order valence-electron chi connectivity index (χ4n) is 0.306. The average Bonchev–Trinajstić information content (AvgIpc) is 1.68. The second-order valence-corrected chi connectivity index (χ2v) is 1.33. The Kier molecular flexibility index (Phi) is 3.38. The van der Waals surface area contributed by atoms with E-state index >= 15 is 0 Å². The standard InChI is InChI=1S/C5H10O2/c1-3-4-5(6)7-2/h3-4H2,1-2H3/i5+2. The van der Waals surface area contributed by atoms with Gasteiger partial charge in [-0.2, -0.15) is 0 Å². The molecule has 0 fully saturated rings. The van der Waals surface area contributed by atoms with Crippen LogP contribution in [0.25, 0.3) is 0 Å². The lowest BCUT2D eigenvalue weighted by Crippen LogP contribution is -1.97. The molecule has 0 N–H and O–H groups in total. The van der Waals surface area contributed by atoms with E-state index in [-0.39, 0.29) is 5.97 Å². The van der Waals surface area contributed by atoms with Crippen molar-refractivity contribution in [1.29, 1.82) is 0 Å². The summed E-state index contributed by atoms with van der Waals surface area (Å²) in [5.74, 6) is -0.123. The maximum atomic E-state index is 10.2. The summed E-state index contributed by atoms with van der Waals surface area (Å²) in [5, 5.41) is 0. The number of ether oxygens (including phenoxy) is 1. The fraction of sp³-hybridized carbons (Fsp3) is 0.800. The van der Waals surface area contributed by atoms with Crippen molar-refractivity contribution in [2.75, 3.05) is 7.11 Å². The summed E-state index contributed by atoms with van der Waals surface area (Å²) in [5.41, 5.74) is 0. The molecule has 2 heteroatoms. The number of carbonyl (C=O) groups excluding carboxylic acids is 1. The third-order valence-corrected chi connectivity index (χ3v) is 0.682. The molecule has 0 heterocycles. The first-order chi connectivity index (χ1) is 3.31. The zero-order valence-electron chi connectivity index (χ0n) is 4.73. The molecule has 7 heavy (non-hydrogen) atoms. The predicted molar refractivity (Wildman–Crippen MR) is 26.9 cm³/mol. The van der Waals surface area contributed by atoms with Crippen molar-refractivity contribution < 1.29 is 9.53 Å². The highest BCUT2D eigenvalue weighted by atomic mass is 16.7. The van der Waals surface area contributed by atoms with Gasteiger partial charge in [-0.25, -0.2) is 0 Å². The molecule has 0 amide bonds. The maximum Gasteiger partial charge on any atom is 0.305 e. The number of rotatable bonds is 2. The highest BCUT2D eigenvalue weighted by molar-refractivity contribution is 5.68. The fourth-order valence-corrected chi connectivity index (χ4v) is 0.306. The summed E-state index contributed by atoms with van der Waals surface area (Å²) in [6.07, 6.45) is 1.41. The lowest BCUT2D eigenvalue weighted by atomic mass is 10.5. The molecule has 0 rings (SSSR count). The van der Waals surface area contributed by atoms with E-state index in [1.165, 1.54) is 7.11 Å². The maximum absolute atomic E-state index is 10.2. The van der Waals surface area contributed by atoms with E-state index in [0.717, 1.165) is 6.42 Å². The second-order valence-electron chi connectivity index (χ2n) is 1.33. The van der Waals surface area contributed by atoms with Gasteiger partial charge in [0.1, 0.15) is 0 Å². The Morgan fingerprint density at radius 3 is 2.43 bits per heavy atom. The number of carbonyl (C=O) groups is 1. The number of hydrogen-bond acceptors (Lipinski definition) is 2. The van der Waals surface area contributed by atoms with Crippen LogP contribution in [-0.2, 0) is 9.53 Å². The monoisotopic (exact) mass is 104 g/mol. The van der Waals surface area contributed by atoms with Gasteiger partial charge in [-0.3, -0.25) is 4.79 Å². The molecule has 0 aromatic heterocycles. The van der Waals surface area contributed by atoms with Crippen molar-refractivity contribution in [3.05, 3.63) is 0 Å². The summed E-state index contributed by atoms with van der Waals surface area (Å²) >= 11 is 0. The van der Waals surface area contributed by atoms with Crippen LogP contribution in [0.5, 0.6) is 0 Å². The van der Waals surface area contributed by atoms with Crippen molar-refractivity contribution >= 4 is 5.97 Å². The van der Waals surface area contributed by atoms with E-state index in [0.29, 0.717) is 6.42 Å². The molecular weight excluding hydrogens is 94.0 g/mol. The van der Waals surface area contributed by atoms with Crippen LogP contribution in [0.3, 0.4) is 0 Å². The topological polar surface area (TPSA) is 26.3 Å². The van der Waals surface area contributed by atoms with Gasteiger partial charge in [0.15, 0.2) is 0 Å². The largest absolute Gasteiger partial charge is 0.469 e. The van der Waals surface area contributed by atoms with Gasteiger partial charge in [0.25, 0.3) is 0 Å². The lowest BCUT2D eigenvalue weighted by Gasteiger charge is -1.91. The van der Waals surface area contributed by atoms with Crippen molar-refractivity contribution in [2.24, 2.45) is 0 Å². The normalized spacial score (nSPS) is 8.29. The molecule has 0 bridgehead atoms. The van der Waals surface area contributed by atoms with Gasteiger partial charge in [-0.1, -0.05) is 6.92 Å². The Morgan fingerprint density at radius 2 is 2.29 bits per heavy atom. The lowest BCUT2D eigenvalue weighted by molar-refractivity contribution is -0.140. The SMILES string of the molecule is CCC[14C](=O)OC. The first-order valence-electron chi connectivity index (χ1n) is 2.38. The zero-order chi connectivity index (χ0) is 5.70. The molecule has 0 atom stereocenters. The molecule has 0 saturated heterocycles. The Morgan fingerprint density at radius 1 is 1.71 bits per heavy atom. The van der Waals surface area contributed by atoms with Crippen LogP contribution < -0.4 is 0 Å². The molecule has 0 aliphatic carbocycles. The van der Waals surface area contributed by atoms with Crippen LogP contribution in [0.4, 0.5) is 0 Å². The first-order valence-corrected chi connectivity index (χ1v) is 2.38. The van der Waals surface area contributed by atoms with Gasteiger partial charge in [-0.05, 0) is 6.42 Å². The quantitative estimate of drug-likeness (QED) is 0.488. The predicted octanol–water partition coefficient (Wildman–Crippen LogP) is 0.960. The first kappa shape index (κ1) is 6.47. The molecule has 0 unspecified atom stereocenters. The summed E-state index contributed by atoms with van der Waals surface area (Å²) < 4.78 is 4.35. The molecule has 0 spiro atoms. The van der Waals surface area contributed by atoms with Crippen LogP contribution in [0.15, 0.2) is 0 Å². The minimum Gasteiger partial charge on any atom is -0.469 e. The van der Waals surface area contributed by atoms with E-state index in [1.807, 2.05) is 6.92 Å². The highest BCUT2D eigenvalue weighted by Crippen LogP contribution is 1.86. The Hall–Kier alpha value is -0.530. The highest BCUT2D eigenvalue weighted by Gasteiger charge is 1.92. The van der Waals surface area contributed by atoms with Crippen molar-refractivity contribution in [2.45, 2.75) is 19.8 Å². The zero-order valence-corrected chi connectivity index (χ0v) is 4.73. The molecule has 0 aliphatic rings. The smallest absolute Gasteiger partial charge is 0.305 e. The van der Waals surface area contributed by atoms with Crippen LogP contribution in [-0.4, -0.2) is 13.1 Å². The molecule has 2 nitrogen and oxygen atoms in total. The van der Waals surface area contributed by atoms with Gasteiger partial charge in [0, 0.05) is 6.42 Å². The van der Waals surface area contributed by atoms with Gasteiger partial charge in [-0.15, -0.1) is 0 Å². The summed E-state index contributed by atoms with van der Waals surface area (Å²) in [6, 6.07) is 0. The van der Waals surface area contributed by atoms with Crippen molar-refractivity contribution in [1.82, 2.24) is 0 Å². The third-order valence-electron chi connectivity index (χ3n) is 0.682. The number of hydrogen-bond donors (Lipinski definition) is 0. The Labute approximate surface area is 43.5 Å². The molecule has 0 radical (unpaired) electrons. The molecule has 0 saturated carbocycles. The van der Waals surface area contributed by atoms with Crippen LogP contribution >= 0.6 is 0 Å². The van der Waals surface area contributed by atoms with Gasteiger partial charge >= 0.3 is 5.97 Å². The summed E-state index contributed by atoms with van der Waals surface area (Å²) in [4.78, 5) is 10.2. The number of esters is 1. The van der Waals surface area contributed by atoms with E-state index in [4.69, 9.17) is 0 Å². The number of methoxy groups -OCH3 is 1. The van der Waals surface area contributed by atoms with Gasteiger partial charge in [0.05, 0.1) is 7.11 Å². The summed E-state index contributed by atoms with van der Waals surface area (Å²) in [7, 11) is 1.40. The van der Waals surface area contributed by atoms with E-state index in [2.05, 4.69) is 4.74 Å². The average molecular weight is 104 g/mol. The summed E-state index contributed by atoms with van der Waals surface area (Å²) in [6.45, 7) is 1.94. The third kappa shape index (κ3) is 3.30. The van der Waals surface area contributed by atoms with E-state index in [1.54, 1.807) is 0 Å². The minimum absolute atomic E-state index is 0.123.